The van der Waals surface area contributed by atoms with E-state index in [0.29, 0.717) is 22.4 Å². The molecule has 0 saturated heterocycles. The molecule has 0 atom stereocenters. The van der Waals surface area contributed by atoms with E-state index in [2.05, 4.69) is 5.32 Å². The van der Waals surface area contributed by atoms with E-state index in [9.17, 15) is 18.5 Å². The maximum atomic E-state index is 13.5. The fourth-order valence-electron chi connectivity index (χ4n) is 3.16. The van der Waals surface area contributed by atoms with E-state index in [1.54, 1.807) is 36.4 Å². The van der Waals surface area contributed by atoms with E-state index < -0.39 is 15.9 Å². The zero-order chi connectivity index (χ0) is 26.1. The van der Waals surface area contributed by atoms with Crippen LogP contribution in [0.2, 0.25) is 10.0 Å². The zero-order valence-electron chi connectivity index (χ0n) is 19.3. The van der Waals surface area contributed by atoms with Crippen molar-refractivity contribution in [1.82, 2.24) is 9.62 Å². The van der Waals surface area contributed by atoms with Crippen LogP contribution in [0.3, 0.4) is 0 Å². The van der Waals surface area contributed by atoms with E-state index in [4.69, 9.17) is 32.4 Å². The summed E-state index contributed by atoms with van der Waals surface area (Å²) in [5.41, 5.74) is 0.571. The quantitative estimate of drug-likeness (QED) is 0.212. The smallest absolute Gasteiger partial charge is 0.262 e. The molecule has 36 heavy (non-hydrogen) atoms. The summed E-state index contributed by atoms with van der Waals surface area (Å²) in [4.78, 5) is 12.2. The highest BCUT2D eigenvalue weighted by Gasteiger charge is 2.26. The van der Waals surface area contributed by atoms with Crippen molar-refractivity contribution in [1.29, 1.82) is 5.26 Å². The minimum atomic E-state index is -3.93. The third-order valence-electron chi connectivity index (χ3n) is 4.98. The third-order valence-corrected chi connectivity index (χ3v) is 7.29. The summed E-state index contributed by atoms with van der Waals surface area (Å²) < 4.78 is 38.8. The van der Waals surface area contributed by atoms with Crippen LogP contribution >= 0.6 is 23.2 Å². The Morgan fingerprint density at radius 2 is 1.69 bits per heavy atom. The monoisotopic (exact) mass is 547 g/mol. The molecule has 0 unspecified atom stereocenters. The molecule has 1 N–H and O–H groups in total. The van der Waals surface area contributed by atoms with Gasteiger partial charge < -0.3 is 14.5 Å². The maximum absolute atomic E-state index is 13.5. The molecule has 0 aliphatic heterocycles. The second-order valence-corrected chi connectivity index (χ2v) is 10.4. The number of halogens is 2. The summed E-state index contributed by atoms with van der Waals surface area (Å²) in [6.07, 6.45) is 1.29. The van der Waals surface area contributed by atoms with Gasteiger partial charge in [0, 0.05) is 36.3 Å². The number of furan rings is 1. The average molecular weight is 548 g/mol. The number of benzene rings is 2. The molecule has 1 aromatic heterocycles. The molecular weight excluding hydrogens is 525 g/mol. The molecule has 0 aliphatic carbocycles. The maximum Gasteiger partial charge on any atom is 0.262 e. The number of nitriles is 1. The number of hydrogen-bond acceptors (Lipinski definition) is 6. The van der Waals surface area contributed by atoms with Gasteiger partial charge in [0.05, 0.1) is 18.0 Å². The molecule has 3 rings (SSSR count). The summed E-state index contributed by atoms with van der Waals surface area (Å²) in [5.74, 6) is -0.00853. The van der Waals surface area contributed by atoms with Crippen LogP contribution in [0.25, 0.3) is 6.08 Å². The standard InChI is InChI=1S/C25H23Cl2N3O5S/c1-34-13-12-29-25(31)19(15-28)14-22-8-9-23(35-22)17-30(16-18-2-4-20(26)5-3-18)36(32,33)24-10-6-21(27)7-11-24/h2-11,14H,12-13,16-17H2,1H3,(H,29,31)/b19-14-. The molecule has 188 valence electrons. The van der Waals surface area contributed by atoms with Crippen LogP contribution in [0, 0.1) is 11.3 Å². The largest absolute Gasteiger partial charge is 0.460 e. The van der Waals surface area contributed by atoms with Crippen LogP contribution in [0.1, 0.15) is 17.1 Å². The van der Waals surface area contributed by atoms with Crippen molar-refractivity contribution in [2.75, 3.05) is 20.3 Å². The zero-order valence-corrected chi connectivity index (χ0v) is 21.6. The van der Waals surface area contributed by atoms with Gasteiger partial charge in [0.15, 0.2) is 0 Å². The van der Waals surface area contributed by atoms with Crippen LogP contribution in [-0.4, -0.2) is 38.9 Å². The Balaban J connectivity index is 1.86. The molecule has 8 nitrogen and oxygen atoms in total. The van der Waals surface area contributed by atoms with E-state index in [-0.39, 0.29) is 35.9 Å². The Morgan fingerprint density at radius 1 is 1.06 bits per heavy atom. The summed E-state index contributed by atoms with van der Waals surface area (Å²) in [6, 6.07) is 17.7. The first-order valence-corrected chi connectivity index (χ1v) is 12.9. The van der Waals surface area contributed by atoms with Crippen molar-refractivity contribution in [3.8, 4) is 6.07 Å². The Morgan fingerprint density at radius 3 is 2.31 bits per heavy atom. The van der Waals surface area contributed by atoms with Gasteiger partial charge in [-0.25, -0.2) is 8.42 Å². The van der Waals surface area contributed by atoms with Crippen LogP contribution < -0.4 is 5.32 Å². The highest BCUT2D eigenvalue weighted by atomic mass is 35.5. The molecule has 1 heterocycles. The normalized spacial score (nSPS) is 11.9. The topological polar surface area (TPSA) is 113 Å². The lowest BCUT2D eigenvalue weighted by atomic mass is 10.2. The Labute approximate surface area is 219 Å². The number of amides is 1. The SMILES string of the molecule is COCCNC(=O)/C(C#N)=C\c1ccc(CN(Cc2ccc(Cl)cc2)S(=O)(=O)c2ccc(Cl)cc2)o1. The van der Waals surface area contributed by atoms with Gasteiger partial charge in [-0.05, 0) is 54.1 Å². The van der Waals surface area contributed by atoms with E-state index >= 15 is 0 Å². The second-order valence-electron chi connectivity index (χ2n) is 7.58. The summed E-state index contributed by atoms with van der Waals surface area (Å²) in [6.45, 7) is 0.517. The molecule has 1 amide bonds. The summed E-state index contributed by atoms with van der Waals surface area (Å²) in [5, 5.41) is 12.9. The molecule has 3 aromatic rings. The van der Waals surface area contributed by atoms with Crippen LogP contribution in [-0.2, 0) is 32.6 Å². The van der Waals surface area contributed by atoms with Crippen LogP contribution in [0.4, 0.5) is 0 Å². The van der Waals surface area contributed by atoms with Gasteiger partial charge in [-0.3, -0.25) is 4.79 Å². The van der Waals surface area contributed by atoms with Crippen molar-refractivity contribution in [2.45, 2.75) is 18.0 Å². The van der Waals surface area contributed by atoms with Gasteiger partial charge in [-0.15, -0.1) is 0 Å². The van der Waals surface area contributed by atoms with Gasteiger partial charge in [-0.1, -0.05) is 35.3 Å². The highest BCUT2D eigenvalue weighted by molar-refractivity contribution is 7.89. The molecule has 0 bridgehead atoms. The molecule has 2 aromatic carbocycles. The molecule has 0 fully saturated rings. The Kier molecular flexibility index (Phi) is 9.70. The summed E-state index contributed by atoms with van der Waals surface area (Å²) >= 11 is 11.9. The number of carbonyl (C=O) groups is 1. The lowest BCUT2D eigenvalue weighted by Crippen LogP contribution is -2.30. The lowest BCUT2D eigenvalue weighted by Gasteiger charge is -2.21. The fraction of sp³-hybridized carbons (Fsp3) is 0.200. The highest BCUT2D eigenvalue weighted by Crippen LogP contribution is 2.24. The van der Waals surface area contributed by atoms with E-state index in [0.717, 1.165) is 5.56 Å². The van der Waals surface area contributed by atoms with Crippen LogP contribution in [0.5, 0.6) is 0 Å². The van der Waals surface area contributed by atoms with Gasteiger partial charge >= 0.3 is 0 Å². The van der Waals surface area contributed by atoms with Crippen molar-refractivity contribution >= 4 is 45.2 Å². The molecule has 0 saturated carbocycles. The fourth-order valence-corrected chi connectivity index (χ4v) is 4.80. The molecular formula is C25H23Cl2N3O5S. The van der Waals surface area contributed by atoms with Gasteiger partial charge in [0.25, 0.3) is 5.91 Å². The molecule has 0 spiro atoms. The van der Waals surface area contributed by atoms with E-state index in [1.165, 1.54) is 41.8 Å². The third kappa shape index (κ3) is 7.43. The van der Waals surface area contributed by atoms with Crippen molar-refractivity contribution in [3.63, 3.8) is 0 Å². The summed E-state index contributed by atoms with van der Waals surface area (Å²) in [7, 11) is -2.43. The number of nitrogens with zero attached hydrogens (tertiary/aromatic N) is 2. The minimum Gasteiger partial charge on any atom is -0.460 e. The predicted molar refractivity (Wildman–Crippen MR) is 137 cm³/mol. The lowest BCUT2D eigenvalue weighted by molar-refractivity contribution is -0.117. The average Bonchev–Trinajstić information content (AvgIpc) is 3.30. The molecule has 11 heteroatoms. The van der Waals surface area contributed by atoms with Crippen molar-refractivity contribution < 1.29 is 22.4 Å². The first kappa shape index (κ1) is 27.5. The molecule has 0 radical (unpaired) electrons. The Bertz CT molecular complexity index is 1360. The number of rotatable bonds is 11. The number of sulfonamides is 1. The minimum absolute atomic E-state index is 0.0549. The number of hydrogen-bond donors (Lipinski definition) is 1. The Hall–Kier alpha value is -3.13. The van der Waals surface area contributed by atoms with E-state index in [1.807, 2.05) is 6.07 Å². The van der Waals surface area contributed by atoms with Crippen molar-refractivity contribution in [3.05, 3.63) is 93.4 Å². The first-order chi connectivity index (χ1) is 17.2. The predicted octanol–water partition coefficient (Wildman–Crippen LogP) is 4.65. The number of carbonyl (C=O) groups excluding carboxylic acids is 1. The van der Waals surface area contributed by atoms with Crippen LogP contribution in [0.15, 0.2) is 75.5 Å². The number of nitrogens with one attached hydrogen (secondary N) is 1. The van der Waals surface area contributed by atoms with Gasteiger partial charge in [-0.2, -0.15) is 9.57 Å². The van der Waals surface area contributed by atoms with Gasteiger partial charge in [0.1, 0.15) is 23.2 Å². The number of methoxy groups -OCH3 is 1. The molecule has 0 aliphatic rings. The second kappa shape index (κ2) is 12.7. The first-order valence-electron chi connectivity index (χ1n) is 10.7. The van der Waals surface area contributed by atoms with Gasteiger partial charge in [0.2, 0.25) is 10.0 Å². The number of ether oxygens (including phenoxy) is 1. The van der Waals surface area contributed by atoms with Crippen molar-refractivity contribution in [2.24, 2.45) is 0 Å².